The number of carboxylic acid groups (broad SMARTS) is 1. The van der Waals surface area contributed by atoms with E-state index in [0.717, 1.165) is 36.9 Å². The van der Waals surface area contributed by atoms with Gasteiger partial charge in [-0.25, -0.2) is 4.79 Å². The lowest BCUT2D eigenvalue weighted by Crippen LogP contribution is -2.57. The molecule has 1 aliphatic rings. The number of urea groups is 1. The predicted molar refractivity (Wildman–Crippen MR) is 77.8 cm³/mol. The summed E-state index contributed by atoms with van der Waals surface area (Å²) >= 11 is 0. The SMILES string of the molecule is CCc1cccnc1CNC(=O)NC1(CC(=O)O)CCC1. The molecule has 0 radical (unpaired) electrons. The smallest absolute Gasteiger partial charge is 0.315 e. The first-order valence-corrected chi connectivity index (χ1v) is 7.25. The highest BCUT2D eigenvalue weighted by atomic mass is 16.4. The van der Waals surface area contributed by atoms with Crippen molar-refractivity contribution in [3.05, 3.63) is 29.6 Å². The lowest BCUT2D eigenvalue weighted by molar-refractivity contribution is -0.139. The summed E-state index contributed by atoms with van der Waals surface area (Å²) in [6, 6.07) is 3.53. The van der Waals surface area contributed by atoms with Crippen LogP contribution in [0.4, 0.5) is 4.79 Å². The van der Waals surface area contributed by atoms with Crippen LogP contribution in [0.5, 0.6) is 0 Å². The quantitative estimate of drug-likeness (QED) is 0.746. The summed E-state index contributed by atoms with van der Waals surface area (Å²) in [4.78, 5) is 27.1. The van der Waals surface area contributed by atoms with Crippen LogP contribution < -0.4 is 10.6 Å². The summed E-state index contributed by atoms with van der Waals surface area (Å²) in [5, 5.41) is 14.5. The van der Waals surface area contributed by atoms with Gasteiger partial charge in [-0.2, -0.15) is 0 Å². The molecule has 0 aromatic carbocycles. The van der Waals surface area contributed by atoms with Gasteiger partial charge in [-0.1, -0.05) is 13.0 Å². The molecule has 6 nitrogen and oxygen atoms in total. The van der Waals surface area contributed by atoms with Crippen molar-refractivity contribution in [3.8, 4) is 0 Å². The Balaban J connectivity index is 1.88. The highest BCUT2D eigenvalue weighted by molar-refractivity contribution is 5.77. The molecule has 0 aliphatic heterocycles. The second-order valence-electron chi connectivity index (χ2n) is 5.47. The number of rotatable bonds is 6. The molecule has 1 saturated carbocycles. The number of pyridine rings is 1. The lowest BCUT2D eigenvalue weighted by atomic mass is 9.74. The van der Waals surface area contributed by atoms with Crippen LogP contribution in [-0.4, -0.2) is 27.6 Å². The molecule has 2 rings (SSSR count). The van der Waals surface area contributed by atoms with Gasteiger partial charge in [0.25, 0.3) is 0 Å². The van der Waals surface area contributed by atoms with Gasteiger partial charge in [-0.15, -0.1) is 0 Å². The normalized spacial score (nSPS) is 15.9. The van der Waals surface area contributed by atoms with Crippen LogP contribution >= 0.6 is 0 Å². The van der Waals surface area contributed by atoms with E-state index in [1.807, 2.05) is 19.1 Å². The number of aromatic nitrogens is 1. The van der Waals surface area contributed by atoms with E-state index in [-0.39, 0.29) is 12.5 Å². The van der Waals surface area contributed by atoms with Gasteiger partial charge in [0.2, 0.25) is 0 Å². The molecule has 2 amide bonds. The summed E-state index contributed by atoms with van der Waals surface area (Å²) in [5.74, 6) is -0.881. The molecule has 1 aromatic rings. The minimum absolute atomic E-state index is 0.0236. The third-order valence-electron chi connectivity index (χ3n) is 3.96. The Hall–Kier alpha value is -2.11. The third kappa shape index (κ3) is 3.93. The Morgan fingerprint density at radius 3 is 2.76 bits per heavy atom. The molecule has 1 aromatic heterocycles. The van der Waals surface area contributed by atoms with Gasteiger partial charge in [0.1, 0.15) is 0 Å². The fourth-order valence-electron chi connectivity index (χ4n) is 2.64. The minimum atomic E-state index is -0.881. The van der Waals surface area contributed by atoms with Gasteiger partial charge in [0, 0.05) is 6.20 Å². The molecule has 1 heterocycles. The van der Waals surface area contributed by atoms with Crippen molar-refractivity contribution >= 4 is 12.0 Å². The highest BCUT2D eigenvalue weighted by Crippen LogP contribution is 2.34. The van der Waals surface area contributed by atoms with Gasteiger partial charge in [0.15, 0.2) is 0 Å². The molecular weight excluding hydrogens is 270 g/mol. The maximum absolute atomic E-state index is 12.0. The predicted octanol–water partition coefficient (Wildman–Crippen LogP) is 1.84. The zero-order valence-electron chi connectivity index (χ0n) is 12.2. The number of nitrogens with zero attached hydrogens (tertiary/aromatic N) is 1. The molecule has 1 fully saturated rings. The van der Waals surface area contributed by atoms with Crippen molar-refractivity contribution in [3.63, 3.8) is 0 Å². The van der Waals surface area contributed by atoms with Crippen molar-refractivity contribution in [2.45, 2.75) is 51.1 Å². The van der Waals surface area contributed by atoms with Crippen molar-refractivity contribution < 1.29 is 14.7 Å². The number of amides is 2. The fourth-order valence-corrected chi connectivity index (χ4v) is 2.64. The van der Waals surface area contributed by atoms with Gasteiger partial charge in [-0.3, -0.25) is 9.78 Å². The zero-order chi connectivity index (χ0) is 15.3. The molecular formula is C15H21N3O3. The Labute approximate surface area is 124 Å². The summed E-state index contributed by atoms with van der Waals surface area (Å²) in [6.07, 6.45) is 4.92. The third-order valence-corrected chi connectivity index (χ3v) is 3.96. The van der Waals surface area contributed by atoms with Crippen LogP contribution in [0, 0.1) is 0 Å². The molecule has 6 heteroatoms. The van der Waals surface area contributed by atoms with Crippen molar-refractivity contribution in [2.75, 3.05) is 0 Å². The van der Waals surface area contributed by atoms with Crippen LogP contribution in [0.2, 0.25) is 0 Å². The lowest BCUT2D eigenvalue weighted by Gasteiger charge is -2.41. The Bertz CT molecular complexity index is 527. The van der Waals surface area contributed by atoms with Crippen LogP contribution in [0.1, 0.15) is 43.9 Å². The van der Waals surface area contributed by atoms with Gasteiger partial charge >= 0.3 is 12.0 Å². The number of hydrogen-bond acceptors (Lipinski definition) is 3. The Morgan fingerprint density at radius 2 is 2.19 bits per heavy atom. The highest BCUT2D eigenvalue weighted by Gasteiger charge is 2.40. The average molecular weight is 291 g/mol. The van der Waals surface area contributed by atoms with E-state index in [2.05, 4.69) is 15.6 Å². The maximum atomic E-state index is 12.0. The zero-order valence-corrected chi connectivity index (χ0v) is 12.2. The van der Waals surface area contributed by atoms with Crippen LogP contribution in [0.15, 0.2) is 18.3 Å². The monoisotopic (exact) mass is 291 g/mol. The summed E-state index contributed by atoms with van der Waals surface area (Å²) < 4.78 is 0. The van der Waals surface area contributed by atoms with Crippen molar-refractivity contribution in [2.24, 2.45) is 0 Å². The topological polar surface area (TPSA) is 91.3 Å². The standard InChI is InChI=1S/C15H21N3O3/c1-2-11-5-3-8-16-12(11)10-17-14(21)18-15(6-4-7-15)9-13(19)20/h3,5,8H,2,4,6-7,9-10H2,1H3,(H,19,20)(H2,17,18,21). The van der Waals surface area contributed by atoms with Gasteiger partial charge < -0.3 is 15.7 Å². The van der Waals surface area contributed by atoms with Gasteiger partial charge in [-0.05, 0) is 37.3 Å². The summed E-state index contributed by atoms with van der Waals surface area (Å²) in [6.45, 7) is 2.38. The molecule has 0 saturated heterocycles. The first-order chi connectivity index (χ1) is 10.0. The van der Waals surface area contributed by atoms with E-state index >= 15 is 0 Å². The number of aliphatic carboxylic acids is 1. The van der Waals surface area contributed by atoms with E-state index in [4.69, 9.17) is 5.11 Å². The number of hydrogen-bond donors (Lipinski definition) is 3. The van der Waals surface area contributed by atoms with Crippen LogP contribution in [0.3, 0.4) is 0 Å². The number of carbonyl (C=O) groups excluding carboxylic acids is 1. The maximum Gasteiger partial charge on any atom is 0.315 e. The van der Waals surface area contributed by atoms with E-state index < -0.39 is 11.5 Å². The molecule has 114 valence electrons. The van der Waals surface area contributed by atoms with Crippen LogP contribution in [-0.2, 0) is 17.8 Å². The molecule has 3 N–H and O–H groups in total. The molecule has 0 bridgehead atoms. The second kappa shape index (κ2) is 6.56. The number of aryl methyl sites for hydroxylation is 1. The first kappa shape index (κ1) is 15.3. The van der Waals surface area contributed by atoms with E-state index in [1.54, 1.807) is 6.20 Å². The molecule has 0 atom stereocenters. The second-order valence-corrected chi connectivity index (χ2v) is 5.47. The summed E-state index contributed by atoms with van der Waals surface area (Å²) in [7, 11) is 0. The number of carbonyl (C=O) groups is 2. The number of nitrogens with one attached hydrogen (secondary N) is 2. The molecule has 0 unspecified atom stereocenters. The van der Waals surface area contributed by atoms with E-state index in [9.17, 15) is 9.59 Å². The molecule has 21 heavy (non-hydrogen) atoms. The molecule has 0 spiro atoms. The van der Waals surface area contributed by atoms with Crippen molar-refractivity contribution in [1.29, 1.82) is 0 Å². The first-order valence-electron chi connectivity index (χ1n) is 7.25. The fraction of sp³-hybridized carbons (Fsp3) is 0.533. The van der Waals surface area contributed by atoms with Crippen LogP contribution in [0.25, 0.3) is 0 Å². The van der Waals surface area contributed by atoms with E-state index in [1.165, 1.54) is 0 Å². The Morgan fingerprint density at radius 1 is 1.43 bits per heavy atom. The minimum Gasteiger partial charge on any atom is -0.481 e. The average Bonchev–Trinajstić information content (AvgIpc) is 2.42. The van der Waals surface area contributed by atoms with Crippen molar-refractivity contribution in [1.82, 2.24) is 15.6 Å². The molecule has 1 aliphatic carbocycles. The van der Waals surface area contributed by atoms with Gasteiger partial charge in [0.05, 0.1) is 24.2 Å². The summed E-state index contributed by atoms with van der Waals surface area (Å²) in [5.41, 5.74) is 1.37. The largest absolute Gasteiger partial charge is 0.481 e. The number of carboxylic acids is 1. The Kier molecular flexibility index (Phi) is 4.77. The van der Waals surface area contributed by atoms with E-state index in [0.29, 0.717) is 6.54 Å².